The van der Waals surface area contributed by atoms with E-state index in [1.165, 1.54) is 6.07 Å². The summed E-state index contributed by atoms with van der Waals surface area (Å²) < 4.78 is 39.0. The summed E-state index contributed by atoms with van der Waals surface area (Å²) in [5.74, 6) is -0.910. The summed E-state index contributed by atoms with van der Waals surface area (Å²) in [4.78, 5) is 0. The molecule has 0 unspecified atom stereocenters. The van der Waals surface area contributed by atoms with E-state index in [2.05, 4.69) is 0 Å². The third kappa shape index (κ3) is 4.47. The molecule has 0 aromatic heterocycles. The molecule has 16 heavy (non-hydrogen) atoms. The monoisotopic (exact) mass is 263 g/mol. The molecular weight excluding hydrogens is 257 g/mol. The quantitative estimate of drug-likeness (QED) is 0.775. The molecule has 0 spiro atoms. The molecule has 0 aliphatic heterocycles. The maximum atomic E-state index is 12.9. The van der Waals surface area contributed by atoms with Crippen LogP contribution in [0.25, 0.3) is 0 Å². The first-order chi connectivity index (χ1) is 7.40. The van der Waals surface area contributed by atoms with Crippen LogP contribution in [0.5, 0.6) is 5.75 Å². The number of hydrogen-bond acceptors (Lipinski definition) is 4. The number of ether oxygens (including phenoxy) is 1. The Balaban J connectivity index is 2.68. The van der Waals surface area contributed by atoms with E-state index in [-0.39, 0.29) is 23.7 Å². The fraction of sp³-hybridized carbons (Fsp3) is 0.222. The Hall–Kier alpha value is -1.32. The molecule has 86 valence electrons. The lowest BCUT2D eigenvalue weighted by atomic mass is 10.2. The zero-order valence-electron chi connectivity index (χ0n) is 7.98. The highest BCUT2D eigenvalue weighted by Gasteiger charge is 2.06. The minimum atomic E-state index is -3.63. The van der Waals surface area contributed by atoms with E-state index in [1.807, 2.05) is 0 Å². The van der Waals surface area contributed by atoms with Crippen LogP contribution in [0.3, 0.4) is 0 Å². The van der Waals surface area contributed by atoms with Crippen molar-refractivity contribution in [2.45, 2.75) is 0 Å². The molecule has 1 aromatic rings. The van der Waals surface area contributed by atoms with Gasteiger partial charge in [0.25, 0.3) is 0 Å². The van der Waals surface area contributed by atoms with Crippen LogP contribution in [0, 0.1) is 17.1 Å². The van der Waals surface area contributed by atoms with E-state index in [1.54, 1.807) is 6.07 Å². The predicted molar refractivity (Wildman–Crippen MR) is 56.2 cm³/mol. The van der Waals surface area contributed by atoms with Crippen LogP contribution in [-0.4, -0.2) is 20.8 Å². The van der Waals surface area contributed by atoms with Crippen LogP contribution in [0.4, 0.5) is 4.39 Å². The number of nitriles is 1. The van der Waals surface area contributed by atoms with Gasteiger partial charge in [-0.3, -0.25) is 0 Å². The molecule has 0 amide bonds. The van der Waals surface area contributed by atoms with Gasteiger partial charge in [-0.15, -0.1) is 0 Å². The first kappa shape index (κ1) is 12.7. The van der Waals surface area contributed by atoms with Gasteiger partial charge in [-0.25, -0.2) is 12.8 Å². The second kappa shape index (κ2) is 5.14. The van der Waals surface area contributed by atoms with Crippen molar-refractivity contribution in [3.63, 3.8) is 0 Å². The van der Waals surface area contributed by atoms with E-state index in [9.17, 15) is 12.8 Å². The first-order valence-corrected chi connectivity index (χ1v) is 6.64. The van der Waals surface area contributed by atoms with Gasteiger partial charge < -0.3 is 4.74 Å². The molecule has 0 saturated carbocycles. The van der Waals surface area contributed by atoms with E-state index in [4.69, 9.17) is 20.7 Å². The molecule has 1 aromatic carbocycles. The van der Waals surface area contributed by atoms with Gasteiger partial charge in [0, 0.05) is 16.7 Å². The van der Waals surface area contributed by atoms with E-state index >= 15 is 0 Å². The molecule has 0 aliphatic carbocycles. The minimum absolute atomic E-state index is 0.0943. The number of benzene rings is 1. The van der Waals surface area contributed by atoms with Crippen molar-refractivity contribution in [1.82, 2.24) is 0 Å². The fourth-order valence-corrected chi connectivity index (χ4v) is 1.44. The largest absolute Gasteiger partial charge is 0.492 e. The molecule has 4 nitrogen and oxygen atoms in total. The van der Waals surface area contributed by atoms with Gasteiger partial charge >= 0.3 is 0 Å². The molecule has 1 rings (SSSR count). The smallest absolute Gasteiger partial charge is 0.235 e. The van der Waals surface area contributed by atoms with Crippen molar-refractivity contribution in [1.29, 1.82) is 5.26 Å². The summed E-state index contributed by atoms with van der Waals surface area (Å²) in [6.45, 7) is -0.194. The van der Waals surface area contributed by atoms with E-state index in [0.717, 1.165) is 12.1 Å². The third-order valence-electron chi connectivity index (χ3n) is 1.60. The number of hydrogen-bond donors (Lipinski definition) is 0. The van der Waals surface area contributed by atoms with Crippen LogP contribution in [-0.2, 0) is 9.05 Å². The standard InChI is InChI=1S/C9H7ClFNO3S/c10-16(13,14)2-1-15-9-4-7(6-12)3-8(11)5-9/h3-5H,1-2H2. The van der Waals surface area contributed by atoms with Crippen LogP contribution in [0.2, 0.25) is 0 Å². The maximum Gasteiger partial charge on any atom is 0.235 e. The average molecular weight is 264 g/mol. The summed E-state index contributed by atoms with van der Waals surface area (Å²) in [7, 11) is 1.32. The van der Waals surface area contributed by atoms with Gasteiger partial charge in [-0.1, -0.05) is 0 Å². The Bertz CT molecular complexity index is 524. The Morgan fingerprint density at radius 1 is 1.44 bits per heavy atom. The van der Waals surface area contributed by atoms with Gasteiger partial charge in [-0.05, 0) is 12.1 Å². The molecule has 0 fully saturated rings. The Labute approximate surface area is 96.6 Å². The topological polar surface area (TPSA) is 67.2 Å². The lowest BCUT2D eigenvalue weighted by Crippen LogP contribution is -2.08. The van der Waals surface area contributed by atoms with E-state index in [0.29, 0.717) is 0 Å². The molecule has 0 bridgehead atoms. The summed E-state index contributed by atoms with van der Waals surface area (Å²) >= 11 is 0. The lowest BCUT2D eigenvalue weighted by Gasteiger charge is -2.04. The molecule has 0 heterocycles. The van der Waals surface area contributed by atoms with Crippen molar-refractivity contribution in [3.05, 3.63) is 29.6 Å². The molecule has 0 saturated heterocycles. The summed E-state index contributed by atoms with van der Waals surface area (Å²) in [6.07, 6.45) is 0. The lowest BCUT2D eigenvalue weighted by molar-refractivity contribution is 0.339. The number of halogens is 2. The zero-order chi connectivity index (χ0) is 12.2. The van der Waals surface area contributed by atoms with Crippen molar-refractivity contribution in [2.24, 2.45) is 0 Å². The highest BCUT2D eigenvalue weighted by Crippen LogP contribution is 2.16. The summed E-state index contributed by atoms with van der Waals surface area (Å²) in [6, 6.07) is 5.16. The van der Waals surface area contributed by atoms with Crippen LogP contribution in [0.15, 0.2) is 18.2 Å². The molecular formula is C9H7ClFNO3S. The second-order valence-electron chi connectivity index (χ2n) is 2.88. The Morgan fingerprint density at radius 3 is 2.69 bits per heavy atom. The highest BCUT2D eigenvalue weighted by molar-refractivity contribution is 8.13. The first-order valence-electron chi connectivity index (χ1n) is 4.16. The molecule has 0 N–H and O–H groups in total. The van der Waals surface area contributed by atoms with Crippen LogP contribution < -0.4 is 4.74 Å². The predicted octanol–water partition coefficient (Wildman–Crippen LogP) is 1.64. The van der Waals surface area contributed by atoms with Crippen molar-refractivity contribution >= 4 is 19.7 Å². The van der Waals surface area contributed by atoms with Crippen LogP contribution in [0.1, 0.15) is 5.56 Å². The molecule has 7 heteroatoms. The second-order valence-corrected chi connectivity index (χ2v) is 5.78. The average Bonchev–Trinajstić information content (AvgIpc) is 2.14. The maximum absolute atomic E-state index is 12.9. The highest BCUT2D eigenvalue weighted by atomic mass is 35.7. The Kier molecular flexibility index (Phi) is 4.10. The molecule has 0 atom stereocenters. The Morgan fingerprint density at radius 2 is 2.12 bits per heavy atom. The van der Waals surface area contributed by atoms with Crippen molar-refractivity contribution in [2.75, 3.05) is 12.4 Å². The van der Waals surface area contributed by atoms with Gasteiger partial charge in [-0.2, -0.15) is 5.26 Å². The van der Waals surface area contributed by atoms with E-state index < -0.39 is 14.9 Å². The van der Waals surface area contributed by atoms with Gasteiger partial charge in [0.1, 0.15) is 18.2 Å². The van der Waals surface area contributed by atoms with Gasteiger partial charge in [0.2, 0.25) is 9.05 Å². The summed E-state index contributed by atoms with van der Waals surface area (Å²) in [5, 5.41) is 8.55. The molecule has 0 radical (unpaired) electrons. The normalized spacial score (nSPS) is 10.8. The number of nitrogens with zero attached hydrogens (tertiary/aromatic N) is 1. The summed E-state index contributed by atoms with van der Waals surface area (Å²) in [5.41, 5.74) is 0.101. The fourth-order valence-electron chi connectivity index (χ4n) is 0.970. The zero-order valence-corrected chi connectivity index (χ0v) is 9.55. The van der Waals surface area contributed by atoms with Crippen molar-refractivity contribution in [3.8, 4) is 11.8 Å². The van der Waals surface area contributed by atoms with Crippen LogP contribution >= 0.6 is 10.7 Å². The number of rotatable bonds is 4. The minimum Gasteiger partial charge on any atom is -0.492 e. The van der Waals surface area contributed by atoms with Crippen molar-refractivity contribution < 1.29 is 17.5 Å². The molecule has 0 aliphatic rings. The SMILES string of the molecule is N#Cc1cc(F)cc(OCCS(=O)(=O)Cl)c1. The van der Waals surface area contributed by atoms with Gasteiger partial charge in [0.15, 0.2) is 0 Å². The third-order valence-corrected chi connectivity index (χ3v) is 2.71. The van der Waals surface area contributed by atoms with Gasteiger partial charge in [0.05, 0.1) is 17.4 Å².